The molecule has 3 aromatic rings. The van der Waals surface area contributed by atoms with Gasteiger partial charge in [-0.1, -0.05) is 27.5 Å². The van der Waals surface area contributed by atoms with Crippen LogP contribution in [0.25, 0.3) is 11.3 Å². The second-order valence-corrected chi connectivity index (χ2v) is 6.82. The summed E-state index contributed by atoms with van der Waals surface area (Å²) in [6, 6.07) is 12.7. The maximum atomic E-state index is 12.4. The molecule has 1 aromatic heterocycles. The Balaban J connectivity index is 1.83. The van der Waals surface area contributed by atoms with Crippen LogP contribution in [-0.2, 0) is 0 Å². The van der Waals surface area contributed by atoms with Crippen LogP contribution in [0.1, 0.15) is 16.1 Å². The van der Waals surface area contributed by atoms with Gasteiger partial charge in [0.2, 0.25) is 0 Å². The van der Waals surface area contributed by atoms with E-state index in [0.29, 0.717) is 17.0 Å². The summed E-state index contributed by atoms with van der Waals surface area (Å²) in [4.78, 5) is 22.6. The number of carbonyl (C=O) groups excluding carboxylic acids is 1. The number of non-ortho nitro benzene ring substituents is 1. The van der Waals surface area contributed by atoms with Crippen molar-refractivity contribution in [2.24, 2.45) is 0 Å². The molecule has 0 saturated carbocycles. The lowest BCUT2D eigenvalue weighted by molar-refractivity contribution is -0.384. The molecule has 0 unspecified atom stereocenters. The lowest BCUT2D eigenvalue weighted by Crippen LogP contribution is -2.11. The number of hydrogen-bond acceptors (Lipinski definition) is 4. The van der Waals surface area contributed by atoms with Crippen molar-refractivity contribution in [3.8, 4) is 11.3 Å². The van der Waals surface area contributed by atoms with Crippen molar-refractivity contribution in [3.63, 3.8) is 0 Å². The molecule has 1 amide bonds. The Hall–Kier alpha value is -2.64. The molecule has 1 heterocycles. The van der Waals surface area contributed by atoms with Crippen LogP contribution in [0, 0.1) is 17.0 Å². The minimum Gasteiger partial charge on any atom is -0.451 e. The van der Waals surface area contributed by atoms with Crippen LogP contribution in [0.15, 0.2) is 57.4 Å². The summed E-state index contributed by atoms with van der Waals surface area (Å²) in [5.74, 6) is 0.0546. The van der Waals surface area contributed by atoms with Gasteiger partial charge in [0.1, 0.15) is 5.76 Å². The fourth-order valence-electron chi connectivity index (χ4n) is 2.37. The van der Waals surface area contributed by atoms with Crippen molar-refractivity contribution in [3.05, 3.63) is 79.5 Å². The number of anilines is 1. The summed E-state index contributed by atoms with van der Waals surface area (Å²) in [6.45, 7) is 1.88. The molecule has 8 heteroatoms. The van der Waals surface area contributed by atoms with Crippen LogP contribution in [0.3, 0.4) is 0 Å². The number of carbonyl (C=O) groups is 1. The number of amides is 1. The molecule has 0 saturated heterocycles. The van der Waals surface area contributed by atoms with Gasteiger partial charge in [-0.25, -0.2) is 0 Å². The van der Waals surface area contributed by atoms with E-state index >= 15 is 0 Å². The highest BCUT2D eigenvalue weighted by molar-refractivity contribution is 9.10. The molecule has 0 bridgehead atoms. The lowest BCUT2D eigenvalue weighted by Gasteiger charge is -2.07. The molecule has 0 radical (unpaired) electrons. The Morgan fingerprint density at radius 3 is 2.62 bits per heavy atom. The van der Waals surface area contributed by atoms with E-state index < -0.39 is 10.8 Å². The predicted molar refractivity (Wildman–Crippen MR) is 103 cm³/mol. The number of nitro benzene ring substituents is 1. The molecule has 2 aromatic carbocycles. The first-order chi connectivity index (χ1) is 12.3. The Morgan fingerprint density at radius 1 is 1.19 bits per heavy atom. The molecule has 0 fully saturated rings. The number of furan rings is 1. The summed E-state index contributed by atoms with van der Waals surface area (Å²) < 4.78 is 6.49. The topological polar surface area (TPSA) is 85.4 Å². The normalized spacial score (nSPS) is 10.6. The molecule has 0 aliphatic heterocycles. The number of nitrogens with zero attached hydrogens (tertiary/aromatic N) is 1. The monoisotopic (exact) mass is 434 g/mol. The average molecular weight is 436 g/mol. The maximum absolute atomic E-state index is 12.4. The van der Waals surface area contributed by atoms with Crippen LogP contribution < -0.4 is 5.32 Å². The van der Waals surface area contributed by atoms with Crippen LogP contribution in [0.4, 0.5) is 11.4 Å². The van der Waals surface area contributed by atoms with E-state index in [2.05, 4.69) is 21.2 Å². The van der Waals surface area contributed by atoms with Gasteiger partial charge in [-0.05, 0) is 48.9 Å². The Labute approximate surface area is 162 Å². The molecule has 132 valence electrons. The maximum Gasteiger partial charge on any atom is 0.291 e. The van der Waals surface area contributed by atoms with Gasteiger partial charge < -0.3 is 9.73 Å². The second kappa shape index (κ2) is 7.31. The number of nitrogens with one attached hydrogen (secondary N) is 1. The van der Waals surface area contributed by atoms with Gasteiger partial charge >= 0.3 is 0 Å². The standard InChI is InChI=1S/C18H12BrClN2O4/c1-10-8-11(19)2-5-15(10)21-18(23)17-7-6-16(26-17)13-4-3-12(22(24)25)9-14(13)20/h2-9H,1H3,(H,21,23). The first kappa shape index (κ1) is 18.2. The molecule has 6 nitrogen and oxygen atoms in total. The first-order valence-corrected chi connectivity index (χ1v) is 8.64. The van der Waals surface area contributed by atoms with Crippen molar-refractivity contribution in [1.29, 1.82) is 0 Å². The van der Waals surface area contributed by atoms with E-state index in [1.807, 2.05) is 19.1 Å². The third-order valence-electron chi connectivity index (χ3n) is 3.70. The highest BCUT2D eigenvalue weighted by Crippen LogP contribution is 2.32. The zero-order valence-electron chi connectivity index (χ0n) is 13.5. The SMILES string of the molecule is Cc1cc(Br)ccc1NC(=O)c1ccc(-c2ccc([N+](=O)[O-])cc2Cl)o1. The van der Waals surface area contributed by atoms with Gasteiger partial charge in [0.25, 0.3) is 11.6 Å². The fourth-order valence-corrected chi connectivity index (χ4v) is 3.12. The predicted octanol–water partition coefficient (Wildman–Crippen LogP) is 5.83. The molecule has 1 N–H and O–H groups in total. The average Bonchev–Trinajstić information content (AvgIpc) is 3.07. The molecular weight excluding hydrogens is 424 g/mol. The highest BCUT2D eigenvalue weighted by atomic mass is 79.9. The van der Waals surface area contributed by atoms with Crippen LogP contribution in [0.2, 0.25) is 5.02 Å². The van der Waals surface area contributed by atoms with Crippen molar-refractivity contribution in [1.82, 2.24) is 0 Å². The summed E-state index contributed by atoms with van der Waals surface area (Å²) in [5.41, 5.74) is 1.92. The second-order valence-electron chi connectivity index (χ2n) is 5.50. The van der Waals surface area contributed by atoms with Crippen LogP contribution >= 0.6 is 27.5 Å². The number of halogens is 2. The van der Waals surface area contributed by atoms with Crippen LogP contribution in [0.5, 0.6) is 0 Å². The van der Waals surface area contributed by atoms with E-state index in [1.54, 1.807) is 12.1 Å². The molecule has 0 aliphatic rings. The van der Waals surface area contributed by atoms with Crippen molar-refractivity contribution >= 4 is 44.8 Å². The lowest BCUT2D eigenvalue weighted by atomic mass is 10.1. The molecule has 0 spiro atoms. The number of benzene rings is 2. The van der Waals surface area contributed by atoms with E-state index in [9.17, 15) is 14.9 Å². The summed E-state index contributed by atoms with van der Waals surface area (Å²) in [7, 11) is 0. The van der Waals surface area contributed by atoms with E-state index in [4.69, 9.17) is 16.0 Å². The van der Waals surface area contributed by atoms with E-state index in [1.165, 1.54) is 24.3 Å². The van der Waals surface area contributed by atoms with Crippen LogP contribution in [-0.4, -0.2) is 10.8 Å². The highest BCUT2D eigenvalue weighted by Gasteiger charge is 2.17. The number of hydrogen-bond donors (Lipinski definition) is 1. The molecule has 3 rings (SSSR count). The summed E-state index contributed by atoms with van der Waals surface area (Å²) in [6.07, 6.45) is 0. The number of rotatable bonds is 4. The summed E-state index contributed by atoms with van der Waals surface area (Å²) >= 11 is 9.46. The Kier molecular flexibility index (Phi) is 5.11. The van der Waals surface area contributed by atoms with Gasteiger partial charge in [0, 0.05) is 27.9 Å². The fraction of sp³-hybridized carbons (Fsp3) is 0.0556. The number of nitro groups is 1. The van der Waals surface area contributed by atoms with E-state index in [-0.39, 0.29) is 16.5 Å². The Morgan fingerprint density at radius 2 is 1.96 bits per heavy atom. The van der Waals surface area contributed by atoms with Gasteiger partial charge in [-0.15, -0.1) is 0 Å². The number of aryl methyl sites for hydroxylation is 1. The Bertz CT molecular complexity index is 1020. The van der Waals surface area contributed by atoms with Crippen molar-refractivity contribution in [2.75, 3.05) is 5.32 Å². The molecule has 0 aliphatic carbocycles. The van der Waals surface area contributed by atoms with Gasteiger partial charge in [0.15, 0.2) is 5.76 Å². The van der Waals surface area contributed by atoms with Crippen molar-refractivity contribution < 1.29 is 14.1 Å². The zero-order chi connectivity index (χ0) is 18.8. The van der Waals surface area contributed by atoms with Gasteiger partial charge in [0.05, 0.1) is 9.95 Å². The minimum atomic E-state index is -0.531. The quantitative estimate of drug-likeness (QED) is 0.412. The van der Waals surface area contributed by atoms with E-state index in [0.717, 1.165) is 10.0 Å². The summed E-state index contributed by atoms with van der Waals surface area (Å²) in [5, 5.41) is 13.7. The molecule has 26 heavy (non-hydrogen) atoms. The third kappa shape index (κ3) is 3.79. The van der Waals surface area contributed by atoms with Crippen molar-refractivity contribution in [2.45, 2.75) is 6.92 Å². The first-order valence-electron chi connectivity index (χ1n) is 7.47. The van der Waals surface area contributed by atoms with Gasteiger partial charge in [-0.2, -0.15) is 0 Å². The third-order valence-corrected chi connectivity index (χ3v) is 4.50. The smallest absolute Gasteiger partial charge is 0.291 e. The van der Waals surface area contributed by atoms with Gasteiger partial charge in [-0.3, -0.25) is 14.9 Å². The minimum absolute atomic E-state index is 0.108. The largest absolute Gasteiger partial charge is 0.451 e. The molecular formula is C18H12BrClN2O4. The molecule has 0 atom stereocenters. The zero-order valence-corrected chi connectivity index (χ0v) is 15.8.